The number of aryl methyl sites for hydroxylation is 2. The minimum atomic E-state index is -0.944. The van der Waals surface area contributed by atoms with Gasteiger partial charge in [0.1, 0.15) is 18.7 Å². The summed E-state index contributed by atoms with van der Waals surface area (Å²) in [4.78, 5) is 4.17. The summed E-state index contributed by atoms with van der Waals surface area (Å²) in [6, 6.07) is 11.1. The Labute approximate surface area is 165 Å². The molecule has 4 rings (SSSR count). The third-order valence-electron chi connectivity index (χ3n) is 4.12. The van der Waals surface area contributed by atoms with Crippen LogP contribution in [0.4, 0.5) is 20.4 Å². The summed E-state index contributed by atoms with van der Waals surface area (Å²) in [6.07, 6.45) is 3.28. The summed E-state index contributed by atoms with van der Waals surface area (Å²) in [5.41, 5.74) is 2.93. The third-order valence-corrected chi connectivity index (χ3v) is 4.12. The molecule has 4 aromatic rings. The molecule has 0 spiro atoms. The Bertz CT molecular complexity index is 1150. The summed E-state index contributed by atoms with van der Waals surface area (Å²) in [7, 11) is 1.85. The molecule has 0 bridgehead atoms. The highest BCUT2D eigenvalue weighted by atomic mass is 19.2. The van der Waals surface area contributed by atoms with Crippen LogP contribution in [0.5, 0.6) is 5.75 Å². The van der Waals surface area contributed by atoms with Crippen molar-refractivity contribution in [2.45, 2.75) is 13.5 Å². The standard InChI is InChI=1S/C20H18F2N6O/c1-13-7-15(9-17(8-13)29-11-14-5-6-27(2)25-14)24-20-23-12-28(26-20)16-3-4-18(21)19(22)10-16/h3-10,12H,11H2,1-2H3,(H,24,26). The van der Waals surface area contributed by atoms with Gasteiger partial charge in [0.05, 0.1) is 11.4 Å². The van der Waals surface area contributed by atoms with Gasteiger partial charge < -0.3 is 10.1 Å². The average Bonchev–Trinajstić information content (AvgIpc) is 3.31. The van der Waals surface area contributed by atoms with Crippen LogP contribution < -0.4 is 10.1 Å². The highest BCUT2D eigenvalue weighted by molar-refractivity contribution is 5.57. The lowest BCUT2D eigenvalue weighted by Gasteiger charge is -2.09. The molecule has 0 amide bonds. The van der Waals surface area contributed by atoms with E-state index in [1.54, 1.807) is 4.68 Å². The molecule has 0 saturated carbocycles. The minimum absolute atomic E-state index is 0.316. The highest BCUT2D eigenvalue weighted by Crippen LogP contribution is 2.24. The molecule has 9 heteroatoms. The lowest BCUT2D eigenvalue weighted by atomic mass is 10.2. The second-order valence-electron chi connectivity index (χ2n) is 6.54. The van der Waals surface area contributed by atoms with Gasteiger partial charge in [-0.2, -0.15) is 10.1 Å². The van der Waals surface area contributed by atoms with Crippen molar-refractivity contribution in [3.63, 3.8) is 0 Å². The van der Waals surface area contributed by atoms with Crippen molar-refractivity contribution in [2.75, 3.05) is 5.32 Å². The van der Waals surface area contributed by atoms with Crippen LogP contribution in [-0.2, 0) is 13.7 Å². The number of halogens is 2. The van der Waals surface area contributed by atoms with E-state index in [9.17, 15) is 8.78 Å². The molecular weight excluding hydrogens is 378 g/mol. The molecule has 0 atom stereocenters. The van der Waals surface area contributed by atoms with Gasteiger partial charge >= 0.3 is 0 Å². The van der Waals surface area contributed by atoms with E-state index >= 15 is 0 Å². The van der Waals surface area contributed by atoms with Crippen molar-refractivity contribution < 1.29 is 13.5 Å². The van der Waals surface area contributed by atoms with Gasteiger partial charge in [-0.3, -0.25) is 4.68 Å². The van der Waals surface area contributed by atoms with Gasteiger partial charge in [0.25, 0.3) is 0 Å². The fourth-order valence-electron chi connectivity index (χ4n) is 2.80. The number of hydrogen-bond acceptors (Lipinski definition) is 5. The van der Waals surface area contributed by atoms with Crippen molar-refractivity contribution in [1.29, 1.82) is 0 Å². The number of hydrogen-bond donors (Lipinski definition) is 1. The average molecular weight is 396 g/mol. The quantitative estimate of drug-likeness (QED) is 0.535. The molecule has 7 nitrogen and oxygen atoms in total. The van der Waals surface area contributed by atoms with Crippen LogP contribution in [0.1, 0.15) is 11.3 Å². The number of rotatable bonds is 6. The van der Waals surface area contributed by atoms with E-state index in [1.807, 2.05) is 44.4 Å². The monoisotopic (exact) mass is 396 g/mol. The maximum Gasteiger partial charge on any atom is 0.246 e. The van der Waals surface area contributed by atoms with Crippen molar-refractivity contribution >= 4 is 11.6 Å². The first-order chi connectivity index (χ1) is 14.0. The van der Waals surface area contributed by atoms with E-state index in [-0.39, 0.29) is 0 Å². The Morgan fingerprint density at radius 1 is 1.03 bits per heavy atom. The summed E-state index contributed by atoms with van der Waals surface area (Å²) < 4.78 is 35.4. The van der Waals surface area contributed by atoms with Gasteiger partial charge in [-0.1, -0.05) is 0 Å². The maximum atomic E-state index is 13.4. The van der Waals surface area contributed by atoms with Crippen LogP contribution in [0.15, 0.2) is 55.0 Å². The fourth-order valence-corrected chi connectivity index (χ4v) is 2.80. The third kappa shape index (κ3) is 4.40. The SMILES string of the molecule is Cc1cc(Nc2ncn(-c3ccc(F)c(F)c3)n2)cc(OCc2ccn(C)n2)c1. The minimum Gasteiger partial charge on any atom is -0.487 e. The van der Waals surface area contributed by atoms with Crippen LogP contribution in [0.25, 0.3) is 5.69 Å². The second-order valence-corrected chi connectivity index (χ2v) is 6.54. The molecule has 0 aliphatic heterocycles. The summed E-state index contributed by atoms with van der Waals surface area (Å²) in [5.74, 6) is -0.861. The van der Waals surface area contributed by atoms with Crippen molar-refractivity contribution in [3.05, 3.63) is 77.9 Å². The van der Waals surface area contributed by atoms with Gasteiger partial charge in [-0.15, -0.1) is 5.10 Å². The lowest BCUT2D eigenvalue weighted by molar-refractivity contribution is 0.300. The number of aromatic nitrogens is 5. The maximum absolute atomic E-state index is 13.4. The van der Waals surface area contributed by atoms with E-state index in [1.165, 1.54) is 17.1 Å². The molecule has 148 valence electrons. The predicted octanol–water partition coefficient (Wildman–Crippen LogP) is 3.91. The van der Waals surface area contributed by atoms with Gasteiger partial charge in [0, 0.05) is 31.1 Å². The molecule has 2 aromatic heterocycles. The zero-order valence-corrected chi connectivity index (χ0v) is 15.8. The molecule has 29 heavy (non-hydrogen) atoms. The van der Waals surface area contributed by atoms with Crippen LogP contribution in [-0.4, -0.2) is 24.5 Å². The largest absolute Gasteiger partial charge is 0.487 e. The predicted molar refractivity (Wildman–Crippen MR) is 103 cm³/mol. The van der Waals surface area contributed by atoms with Crippen molar-refractivity contribution in [3.8, 4) is 11.4 Å². The zero-order chi connectivity index (χ0) is 20.4. The first-order valence-electron chi connectivity index (χ1n) is 8.83. The van der Waals surface area contributed by atoms with Gasteiger partial charge in [0.2, 0.25) is 5.95 Å². The Hall–Kier alpha value is -3.75. The number of nitrogens with zero attached hydrogens (tertiary/aromatic N) is 5. The molecule has 0 fully saturated rings. The number of benzene rings is 2. The Morgan fingerprint density at radius 2 is 1.90 bits per heavy atom. The molecule has 0 unspecified atom stereocenters. The van der Waals surface area contributed by atoms with E-state index in [0.29, 0.717) is 24.0 Å². The molecule has 1 N–H and O–H groups in total. The van der Waals surface area contributed by atoms with Gasteiger partial charge in [-0.25, -0.2) is 13.5 Å². The molecule has 2 heterocycles. The molecular formula is C20H18F2N6O. The normalized spacial score (nSPS) is 10.9. The van der Waals surface area contributed by atoms with Crippen molar-refractivity contribution in [2.24, 2.45) is 7.05 Å². The van der Waals surface area contributed by atoms with E-state index in [2.05, 4.69) is 20.5 Å². The Kier molecular flexibility index (Phi) is 4.94. The molecule has 0 saturated heterocycles. The number of ether oxygens (including phenoxy) is 1. The lowest BCUT2D eigenvalue weighted by Crippen LogP contribution is -2.00. The molecule has 2 aromatic carbocycles. The first kappa shape index (κ1) is 18.6. The van der Waals surface area contributed by atoms with E-state index in [0.717, 1.165) is 29.1 Å². The number of nitrogens with one attached hydrogen (secondary N) is 1. The van der Waals surface area contributed by atoms with Gasteiger partial charge in [0.15, 0.2) is 11.6 Å². The first-order valence-corrected chi connectivity index (χ1v) is 8.83. The van der Waals surface area contributed by atoms with Crippen LogP contribution in [0.3, 0.4) is 0 Å². The molecule has 0 radical (unpaired) electrons. The van der Waals surface area contributed by atoms with E-state index < -0.39 is 11.6 Å². The zero-order valence-electron chi connectivity index (χ0n) is 15.8. The molecule has 0 aliphatic rings. The topological polar surface area (TPSA) is 69.8 Å². The van der Waals surface area contributed by atoms with Gasteiger partial charge in [-0.05, 0) is 42.8 Å². The Morgan fingerprint density at radius 3 is 2.66 bits per heavy atom. The van der Waals surface area contributed by atoms with Crippen LogP contribution in [0.2, 0.25) is 0 Å². The van der Waals surface area contributed by atoms with Crippen LogP contribution in [0, 0.1) is 18.6 Å². The summed E-state index contributed by atoms with van der Waals surface area (Å²) in [6.45, 7) is 2.30. The second kappa shape index (κ2) is 7.70. The van der Waals surface area contributed by atoms with E-state index in [4.69, 9.17) is 4.74 Å². The summed E-state index contributed by atoms with van der Waals surface area (Å²) >= 11 is 0. The fraction of sp³-hybridized carbons (Fsp3) is 0.150. The Balaban J connectivity index is 1.48. The summed E-state index contributed by atoms with van der Waals surface area (Å²) in [5, 5.41) is 11.6. The van der Waals surface area contributed by atoms with Crippen LogP contribution >= 0.6 is 0 Å². The molecule has 0 aliphatic carbocycles. The smallest absolute Gasteiger partial charge is 0.246 e. The van der Waals surface area contributed by atoms with Crippen molar-refractivity contribution in [1.82, 2.24) is 24.5 Å². The number of anilines is 2. The highest BCUT2D eigenvalue weighted by Gasteiger charge is 2.08.